The van der Waals surface area contributed by atoms with Crippen LogP contribution in [0.5, 0.6) is 0 Å². The quantitative estimate of drug-likeness (QED) is 0.888. The molecule has 26 heavy (non-hydrogen) atoms. The summed E-state index contributed by atoms with van der Waals surface area (Å²) in [6.07, 6.45) is 3.34. The Balaban J connectivity index is 1.88. The summed E-state index contributed by atoms with van der Waals surface area (Å²) in [6.45, 7) is 7.16. The molecule has 3 heterocycles. The minimum Gasteiger partial charge on any atom is -0.481 e. The van der Waals surface area contributed by atoms with E-state index in [4.69, 9.17) is 0 Å². The maximum atomic E-state index is 13.1. The fraction of sp³-hybridized carbons (Fsp3) is 0.474. The van der Waals surface area contributed by atoms with Gasteiger partial charge in [0.05, 0.1) is 11.6 Å². The smallest absolute Gasteiger partial charge is 0.308 e. The van der Waals surface area contributed by atoms with Crippen molar-refractivity contribution < 1.29 is 14.7 Å². The van der Waals surface area contributed by atoms with Crippen molar-refractivity contribution >= 4 is 11.9 Å². The monoisotopic (exact) mass is 356 g/mol. The number of carbonyl (C=O) groups excluding carboxylic acids is 1. The molecule has 2 aromatic rings. The molecule has 7 heteroatoms. The number of amides is 1. The summed E-state index contributed by atoms with van der Waals surface area (Å²) in [5.41, 5.74) is 2.24. The van der Waals surface area contributed by atoms with Crippen LogP contribution in [0, 0.1) is 5.92 Å². The number of aromatic nitrogens is 3. The number of aryl methyl sites for hydroxylation is 1. The van der Waals surface area contributed by atoms with E-state index in [0.29, 0.717) is 18.8 Å². The van der Waals surface area contributed by atoms with Gasteiger partial charge in [-0.3, -0.25) is 19.3 Å². The van der Waals surface area contributed by atoms with Crippen LogP contribution < -0.4 is 0 Å². The van der Waals surface area contributed by atoms with Gasteiger partial charge in [-0.05, 0) is 30.5 Å². The molecule has 0 radical (unpaired) electrons. The molecule has 0 bridgehead atoms. The van der Waals surface area contributed by atoms with E-state index in [2.05, 4.69) is 10.1 Å². The fourth-order valence-corrected chi connectivity index (χ4v) is 3.45. The molecule has 1 saturated heterocycles. The summed E-state index contributed by atoms with van der Waals surface area (Å²) < 4.78 is 1.70. The van der Waals surface area contributed by atoms with E-state index >= 15 is 0 Å². The Morgan fingerprint density at radius 3 is 2.69 bits per heavy atom. The van der Waals surface area contributed by atoms with Crippen LogP contribution in [-0.2, 0) is 11.3 Å². The Bertz CT molecular complexity index is 800. The largest absolute Gasteiger partial charge is 0.481 e. The average Bonchev–Trinajstić information content (AvgIpc) is 3.26. The third-order valence-electron chi connectivity index (χ3n) is 4.95. The normalized spacial score (nSPS) is 19.9. The molecule has 7 nitrogen and oxygen atoms in total. The molecule has 1 fully saturated rings. The van der Waals surface area contributed by atoms with Gasteiger partial charge in [-0.2, -0.15) is 5.10 Å². The lowest BCUT2D eigenvalue weighted by Gasteiger charge is -2.16. The SMILES string of the molecule is CCn1nc(C(C)C)cc1C(=O)N1C[C@@H](C(=O)O)[C@H](c2cccnc2)C1. The second-order valence-corrected chi connectivity index (χ2v) is 6.97. The van der Waals surface area contributed by atoms with Crippen molar-refractivity contribution in [2.24, 2.45) is 5.92 Å². The first kappa shape index (κ1) is 18.1. The zero-order valence-electron chi connectivity index (χ0n) is 15.3. The molecule has 138 valence electrons. The lowest BCUT2D eigenvalue weighted by molar-refractivity contribution is -0.141. The van der Waals surface area contributed by atoms with Gasteiger partial charge in [-0.1, -0.05) is 19.9 Å². The van der Waals surface area contributed by atoms with E-state index in [1.54, 1.807) is 28.0 Å². The number of nitrogens with zero attached hydrogens (tertiary/aromatic N) is 4. The van der Waals surface area contributed by atoms with Crippen LogP contribution in [0.15, 0.2) is 30.6 Å². The molecule has 0 aromatic carbocycles. The third-order valence-corrected chi connectivity index (χ3v) is 4.95. The fourth-order valence-electron chi connectivity index (χ4n) is 3.45. The van der Waals surface area contributed by atoms with E-state index in [9.17, 15) is 14.7 Å². The molecule has 1 amide bonds. The standard InChI is InChI=1S/C19H24N4O3/c1-4-23-17(8-16(21-23)12(2)3)18(24)22-10-14(15(11-22)19(25)26)13-6-5-7-20-9-13/h5-9,12,14-15H,4,10-11H2,1-3H3,(H,25,26)/t14-,15+/m0/s1. The van der Waals surface area contributed by atoms with Gasteiger partial charge in [0.25, 0.3) is 5.91 Å². The summed E-state index contributed by atoms with van der Waals surface area (Å²) in [4.78, 5) is 30.5. The average molecular weight is 356 g/mol. The van der Waals surface area contributed by atoms with Gasteiger partial charge in [0.2, 0.25) is 0 Å². The number of rotatable bonds is 5. The molecule has 1 aliphatic rings. The van der Waals surface area contributed by atoms with Gasteiger partial charge in [-0.25, -0.2) is 0 Å². The highest BCUT2D eigenvalue weighted by Gasteiger charge is 2.41. The number of hydrogen-bond donors (Lipinski definition) is 1. The van der Waals surface area contributed by atoms with Crippen molar-refractivity contribution in [3.63, 3.8) is 0 Å². The summed E-state index contributed by atoms with van der Waals surface area (Å²) in [6, 6.07) is 5.48. The molecule has 1 N–H and O–H groups in total. The lowest BCUT2D eigenvalue weighted by atomic mass is 9.90. The van der Waals surface area contributed by atoms with Crippen LogP contribution >= 0.6 is 0 Å². The minimum atomic E-state index is -0.888. The van der Waals surface area contributed by atoms with Crippen molar-refractivity contribution in [3.05, 3.63) is 47.5 Å². The second-order valence-electron chi connectivity index (χ2n) is 6.97. The number of aliphatic carboxylic acids is 1. The van der Waals surface area contributed by atoms with Crippen molar-refractivity contribution in [2.45, 2.75) is 39.2 Å². The summed E-state index contributed by atoms with van der Waals surface area (Å²) >= 11 is 0. The molecule has 0 unspecified atom stereocenters. The van der Waals surface area contributed by atoms with Gasteiger partial charge in [0.1, 0.15) is 5.69 Å². The highest BCUT2D eigenvalue weighted by atomic mass is 16.4. The topological polar surface area (TPSA) is 88.3 Å². The van der Waals surface area contributed by atoms with Gasteiger partial charge in [0, 0.05) is 37.9 Å². The van der Waals surface area contributed by atoms with E-state index in [-0.39, 0.29) is 24.3 Å². The van der Waals surface area contributed by atoms with Gasteiger partial charge in [0.15, 0.2) is 0 Å². The molecule has 2 aromatic heterocycles. The van der Waals surface area contributed by atoms with Crippen LogP contribution in [0.2, 0.25) is 0 Å². The van der Waals surface area contributed by atoms with Crippen LogP contribution in [0.4, 0.5) is 0 Å². The Kier molecular flexibility index (Phi) is 5.06. The first-order valence-corrected chi connectivity index (χ1v) is 8.92. The maximum Gasteiger partial charge on any atom is 0.308 e. The molecular formula is C19H24N4O3. The van der Waals surface area contributed by atoms with Gasteiger partial charge < -0.3 is 10.0 Å². The number of pyridine rings is 1. The minimum absolute atomic E-state index is 0.163. The first-order valence-electron chi connectivity index (χ1n) is 8.92. The molecule has 2 atom stereocenters. The number of carbonyl (C=O) groups is 2. The molecule has 1 aliphatic heterocycles. The Morgan fingerprint density at radius 1 is 1.35 bits per heavy atom. The Hall–Kier alpha value is -2.70. The number of likely N-dealkylation sites (tertiary alicyclic amines) is 1. The summed E-state index contributed by atoms with van der Waals surface area (Å²) in [5.74, 6) is -1.72. The highest BCUT2D eigenvalue weighted by Crippen LogP contribution is 2.33. The lowest BCUT2D eigenvalue weighted by Crippen LogP contribution is -2.31. The van der Waals surface area contributed by atoms with E-state index in [1.165, 1.54) is 0 Å². The Morgan fingerprint density at radius 2 is 2.12 bits per heavy atom. The second kappa shape index (κ2) is 7.27. The molecule has 0 aliphatic carbocycles. The van der Waals surface area contributed by atoms with E-state index in [0.717, 1.165) is 11.3 Å². The molecule has 3 rings (SSSR count). The molecule has 0 saturated carbocycles. The van der Waals surface area contributed by atoms with Crippen molar-refractivity contribution in [3.8, 4) is 0 Å². The number of carboxylic acid groups (broad SMARTS) is 1. The van der Waals surface area contributed by atoms with Crippen LogP contribution in [0.25, 0.3) is 0 Å². The zero-order chi connectivity index (χ0) is 18.8. The van der Waals surface area contributed by atoms with Crippen molar-refractivity contribution in [1.82, 2.24) is 19.7 Å². The van der Waals surface area contributed by atoms with Gasteiger partial charge in [-0.15, -0.1) is 0 Å². The van der Waals surface area contributed by atoms with Crippen molar-refractivity contribution in [2.75, 3.05) is 13.1 Å². The van der Waals surface area contributed by atoms with E-state index in [1.807, 2.05) is 32.9 Å². The summed E-state index contributed by atoms with van der Waals surface area (Å²) in [5, 5.41) is 14.1. The molecular weight excluding hydrogens is 332 g/mol. The predicted molar refractivity (Wildman–Crippen MR) is 96.0 cm³/mol. The van der Waals surface area contributed by atoms with Crippen LogP contribution in [0.3, 0.4) is 0 Å². The Labute approximate surface area is 152 Å². The van der Waals surface area contributed by atoms with Gasteiger partial charge >= 0.3 is 5.97 Å². The van der Waals surface area contributed by atoms with E-state index < -0.39 is 11.9 Å². The third kappa shape index (κ3) is 3.34. The predicted octanol–water partition coefficient (Wildman–Crippen LogP) is 2.36. The van der Waals surface area contributed by atoms with Crippen LogP contribution in [-0.4, -0.2) is 49.7 Å². The zero-order valence-corrected chi connectivity index (χ0v) is 15.3. The number of carboxylic acids is 1. The molecule has 0 spiro atoms. The maximum absolute atomic E-state index is 13.1. The summed E-state index contributed by atoms with van der Waals surface area (Å²) in [7, 11) is 0. The van der Waals surface area contributed by atoms with Crippen molar-refractivity contribution in [1.29, 1.82) is 0 Å². The highest BCUT2D eigenvalue weighted by molar-refractivity contribution is 5.93. The van der Waals surface area contributed by atoms with Crippen LogP contribution in [0.1, 0.15) is 54.4 Å². The first-order chi connectivity index (χ1) is 12.4. The number of hydrogen-bond acceptors (Lipinski definition) is 4.